The van der Waals surface area contributed by atoms with E-state index in [2.05, 4.69) is 43.1 Å². The van der Waals surface area contributed by atoms with Crippen molar-refractivity contribution in [2.24, 2.45) is 5.41 Å². The molecule has 0 aromatic carbocycles. The Bertz CT molecular complexity index is 527. The van der Waals surface area contributed by atoms with E-state index in [0.29, 0.717) is 11.0 Å². The van der Waals surface area contributed by atoms with Crippen LogP contribution in [0, 0.1) is 5.41 Å². The molecule has 17 heavy (non-hydrogen) atoms. The first-order valence-electron chi connectivity index (χ1n) is 5.65. The predicted octanol–water partition coefficient (Wildman–Crippen LogP) is 3.23. The molecule has 4 nitrogen and oxygen atoms in total. The van der Waals surface area contributed by atoms with Gasteiger partial charge in [0, 0.05) is 12.2 Å². The van der Waals surface area contributed by atoms with Crippen molar-refractivity contribution in [2.75, 3.05) is 5.32 Å². The van der Waals surface area contributed by atoms with Crippen LogP contribution in [0.1, 0.15) is 27.7 Å². The summed E-state index contributed by atoms with van der Waals surface area (Å²) in [4.78, 5) is 4.39. The van der Waals surface area contributed by atoms with Crippen molar-refractivity contribution in [3.8, 4) is 0 Å². The molecule has 2 aromatic heterocycles. The van der Waals surface area contributed by atoms with Gasteiger partial charge in [-0.1, -0.05) is 32.4 Å². The van der Waals surface area contributed by atoms with Gasteiger partial charge in [-0.2, -0.15) is 4.98 Å². The number of pyridine rings is 1. The molecule has 0 aliphatic heterocycles. The van der Waals surface area contributed by atoms with E-state index in [-0.39, 0.29) is 11.5 Å². The third-order valence-corrected chi connectivity index (χ3v) is 3.16. The molecule has 1 unspecified atom stereocenters. The maximum absolute atomic E-state index is 5.90. The molecule has 2 heterocycles. The highest BCUT2D eigenvalue weighted by molar-refractivity contribution is 6.30. The lowest BCUT2D eigenvalue weighted by Crippen LogP contribution is -2.31. The van der Waals surface area contributed by atoms with Crippen LogP contribution in [0.15, 0.2) is 18.3 Å². The second kappa shape index (κ2) is 4.18. The summed E-state index contributed by atoms with van der Waals surface area (Å²) >= 11 is 5.90. The number of hydrogen-bond acceptors (Lipinski definition) is 3. The van der Waals surface area contributed by atoms with Crippen LogP contribution >= 0.6 is 11.6 Å². The fourth-order valence-electron chi connectivity index (χ4n) is 1.33. The van der Waals surface area contributed by atoms with Crippen molar-refractivity contribution in [3.05, 3.63) is 23.4 Å². The van der Waals surface area contributed by atoms with Crippen molar-refractivity contribution in [2.45, 2.75) is 33.7 Å². The van der Waals surface area contributed by atoms with Gasteiger partial charge in [0.2, 0.25) is 5.95 Å². The number of nitrogens with zero attached hydrogens (tertiary/aromatic N) is 3. The first kappa shape index (κ1) is 12.2. The van der Waals surface area contributed by atoms with E-state index in [9.17, 15) is 0 Å². The first-order chi connectivity index (χ1) is 7.86. The molecule has 0 radical (unpaired) electrons. The van der Waals surface area contributed by atoms with Gasteiger partial charge >= 0.3 is 0 Å². The maximum atomic E-state index is 5.90. The molecule has 0 spiro atoms. The van der Waals surface area contributed by atoms with Crippen molar-refractivity contribution < 1.29 is 0 Å². The Labute approximate surface area is 106 Å². The molecule has 92 valence electrons. The van der Waals surface area contributed by atoms with E-state index < -0.39 is 0 Å². The largest absolute Gasteiger partial charge is 0.350 e. The van der Waals surface area contributed by atoms with Gasteiger partial charge < -0.3 is 5.32 Å². The van der Waals surface area contributed by atoms with Crippen LogP contribution in [0.2, 0.25) is 5.02 Å². The Kier molecular flexibility index (Phi) is 3.00. The summed E-state index contributed by atoms with van der Waals surface area (Å²) in [5, 5.41) is 8.29. The number of hydrogen-bond donors (Lipinski definition) is 1. The van der Waals surface area contributed by atoms with Crippen LogP contribution in [0.5, 0.6) is 0 Å². The molecule has 0 aliphatic carbocycles. The molecule has 0 fully saturated rings. The van der Waals surface area contributed by atoms with Crippen molar-refractivity contribution in [1.29, 1.82) is 0 Å². The van der Waals surface area contributed by atoms with Crippen LogP contribution in [0.4, 0.5) is 5.95 Å². The number of nitrogens with one attached hydrogen (secondary N) is 1. The van der Waals surface area contributed by atoms with Gasteiger partial charge in [0.05, 0.1) is 5.02 Å². The summed E-state index contributed by atoms with van der Waals surface area (Å²) in [5.41, 5.74) is 0.952. The second-order valence-electron chi connectivity index (χ2n) is 5.32. The van der Waals surface area contributed by atoms with E-state index in [1.54, 1.807) is 10.7 Å². The van der Waals surface area contributed by atoms with Crippen LogP contribution < -0.4 is 5.32 Å². The highest BCUT2D eigenvalue weighted by Crippen LogP contribution is 2.21. The zero-order valence-electron chi connectivity index (χ0n) is 10.5. The molecule has 0 aliphatic rings. The Morgan fingerprint density at radius 2 is 2.06 bits per heavy atom. The average molecular weight is 253 g/mol. The molecule has 0 saturated carbocycles. The van der Waals surface area contributed by atoms with Gasteiger partial charge in [0.15, 0.2) is 5.65 Å². The standard InChI is InChI=1S/C12H17ClN4/c1-8(12(2,3)4)14-11-15-10-6-5-9(13)7-17(10)16-11/h5-8H,1-4H3,(H,14,16). The molecule has 2 rings (SSSR count). The molecular formula is C12H17ClN4. The molecule has 2 aromatic rings. The summed E-state index contributed by atoms with van der Waals surface area (Å²) in [6.07, 6.45) is 1.75. The molecule has 0 amide bonds. The Morgan fingerprint density at radius 1 is 1.35 bits per heavy atom. The first-order valence-corrected chi connectivity index (χ1v) is 6.02. The fraction of sp³-hybridized carbons (Fsp3) is 0.500. The topological polar surface area (TPSA) is 42.2 Å². The number of halogens is 1. The van der Waals surface area contributed by atoms with E-state index in [1.165, 1.54) is 0 Å². The number of fused-ring (bicyclic) bond motifs is 1. The third kappa shape index (κ3) is 2.69. The summed E-state index contributed by atoms with van der Waals surface area (Å²) in [5.74, 6) is 0.634. The average Bonchev–Trinajstić information content (AvgIpc) is 2.57. The molecule has 5 heteroatoms. The lowest BCUT2D eigenvalue weighted by atomic mass is 9.88. The quantitative estimate of drug-likeness (QED) is 0.892. The Balaban J connectivity index is 2.25. The van der Waals surface area contributed by atoms with Crippen LogP contribution in [0.3, 0.4) is 0 Å². The highest BCUT2D eigenvalue weighted by Gasteiger charge is 2.21. The van der Waals surface area contributed by atoms with Gasteiger partial charge in [-0.3, -0.25) is 0 Å². The number of anilines is 1. The van der Waals surface area contributed by atoms with Crippen LogP contribution in [-0.2, 0) is 0 Å². The number of aromatic nitrogens is 3. The zero-order valence-corrected chi connectivity index (χ0v) is 11.3. The lowest BCUT2D eigenvalue weighted by Gasteiger charge is -2.27. The minimum Gasteiger partial charge on any atom is -0.350 e. The molecule has 1 atom stereocenters. The maximum Gasteiger partial charge on any atom is 0.243 e. The lowest BCUT2D eigenvalue weighted by molar-refractivity contribution is 0.358. The van der Waals surface area contributed by atoms with Gasteiger partial charge in [0.25, 0.3) is 0 Å². The smallest absolute Gasteiger partial charge is 0.243 e. The van der Waals surface area contributed by atoms with Crippen molar-refractivity contribution in [1.82, 2.24) is 14.6 Å². The van der Waals surface area contributed by atoms with Gasteiger partial charge in [-0.05, 0) is 24.5 Å². The zero-order chi connectivity index (χ0) is 12.6. The van der Waals surface area contributed by atoms with Crippen LogP contribution in [-0.4, -0.2) is 20.6 Å². The Morgan fingerprint density at radius 3 is 2.71 bits per heavy atom. The van der Waals surface area contributed by atoms with E-state index in [4.69, 9.17) is 11.6 Å². The normalized spacial score (nSPS) is 13.9. The van der Waals surface area contributed by atoms with Crippen molar-refractivity contribution in [3.63, 3.8) is 0 Å². The minimum atomic E-state index is 0.162. The molecular weight excluding hydrogens is 236 g/mol. The molecule has 0 saturated heterocycles. The number of rotatable bonds is 2. The van der Waals surface area contributed by atoms with Crippen molar-refractivity contribution >= 4 is 23.2 Å². The van der Waals surface area contributed by atoms with Crippen LogP contribution in [0.25, 0.3) is 5.65 Å². The third-order valence-electron chi connectivity index (χ3n) is 2.94. The molecule has 1 N–H and O–H groups in total. The van der Waals surface area contributed by atoms with E-state index >= 15 is 0 Å². The predicted molar refractivity (Wildman–Crippen MR) is 70.5 cm³/mol. The fourth-order valence-corrected chi connectivity index (χ4v) is 1.48. The van der Waals surface area contributed by atoms with E-state index in [0.717, 1.165) is 5.65 Å². The minimum absolute atomic E-state index is 0.162. The monoisotopic (exact) mass is 252 g/mol. The van der Waals surface area contributed by atoms with Gasteiger partial charge in [-0.15, -0.1) is 5.10 Å². The highest BCUT2D eigenvalue weighted by atomic mass is 35.5. The molecule has 0 bridgehead atoms. The van der Waals surface area contributed by atoms with E-state index in [1.807, 2.05) is 12.1 Å². The second-order valence-corrected chi connectivity index (χ2v) is 5.75. The van der Waals surface area contributed by atoms with Gasteiger partial charge in [-0.25, -0.2) is 4.52 Å². The SMILES string of the molecule is CC(Nc1nc2ccc(Cl)cn2n1)C(C)(C)C. The summed E-state index contributed by atoms with van der Waals surface area (Å²) < 4.78 is 1.68. The van der Waals surface area contributed by atoms with Gasteiger partial charge in [0.1, 0.15) is 0 Å². The summed E-state index contributed by atoms with van der Waals surface area (Å²) in [6.45, 7) is 8.66. The summed E-state index contributed by atoms with van der Waals surface area (Å²) in [7, 11) is 0. The Hall–Kier alpha value is -1.29. The summed E-state index contributed by atoms with van der Waals surface area (Å²) in [6, 6.07) is 3.94.